The van der Waals surface area contributed by atoms with Gasteiger partial charge in [-0.2, -0.15) is 13.2 Å². The summed E-state index contributed by atoms with van der Waals surface area (Å²) in [6.45, 7) is 0. The van der Waals surface area contributed by atoms with Gasteiger partial charge in [-0.15, -0.1) is 0 Å². The highest BCUT2D eigenvalue weighted by Crippen LogP contribution is 2.39. The van der Waals surface area contributed by atoms with E-state index in [1.807, 2.05) is 0 Å². The molecule has 0 aliphatic carbocycles. The lowest BCUT2D eigenvalue weighted by atomic mass is 10.1. The quantitative estimate of drug-likeness (QED) is 0.349. The number of carbonyl (C=O) groups excluding carboxylic acids is 1. The molecule has 7 heteroatoms. The van der Waals surface area contributed by atoms with Crippen LogP contribution in [-0.2, 0) is 6.18 Å². The van der Waals surface area contributed by atoms with Crippen LogP contribution in [0.4, 0.5) is 13.2 Å². The number of benzene rings is 1. The first-order chi connectivity index (χ1) is 7.29. The normalized spacial score (nSPS) is 11.6. The summed E-state index contributed by atoms with van der Waals surface area (Å²) in [5.41, 5.74) is -0.729. The fraction of sp³-hybridized carbons (Fsp3) is 0.222. The molecule has 0 fully saturated rings. The second kappa shape index (κ2) is 5.34. The zero-order valence-corrected chi connectivity index (χ0v) is 12.9. The number of hydrogen-bond donors (Lipinski definition) is 0. The number of halogens is 6. The van der Waals surface area contributed by atoms with Crippen LogP contribution in [0.2, 0.25) is 0 Å². The summed E-state index contributed by atoms with van der Waals surface area (Å²) in [5, 5.41) is 0.00192. The van der Waals surface area contributed by atoms with Crippen LogP contribution in [0.3, 0.4) is 0 Å². The van der Waals surface area contributed by atoms with Crippen LogP contribution >= 0.6 is 54.5 Å². The topological polar surface area (TPSA) is 17.1 Å². The van der Waals surface area contributed by atoms with Crippen molar-refractivity contribution in [3.8, 4) is 0 Å². The first kappa shape index (κ1) is 14.4. The zero-order valence-electron chi connectivity index (χ0n) is 7.54. The van der Waals surface area contributed by atoms with Gasteiger partial charge >= 0.3 is 6.18 Å². The second-order valence-electron chi connectivity index (χ2n) is 2.84. The van der Waals surface area contributed by atoms with E-state index in [1.165, 1.54) is 34.7 Å². The molecule has 1 aromatic carbocycles. The van der Waals surface area contributed by atoms with E-state index in [1.54, 1.807) is 0 Å². The molecule has 1 rings (SSSR count). The van der Waals surface area contributed by atoms with Crippen molar-refractivity contribution in [1.29, 1.82) is 0 Å². The van der Waals surface area contributed by atoms with E-state index in [0.717, 1.165) is 0 Å². The molecule has 0 N–H and O–H groups in total. The van der Waals surface area contributed by atoms with Gasteiger partial charge in [0.05, 0.1) is 10.9 Å². The Morgan fingerprint density at radius 3 is 2.38 bits per heavy atom. The number of Topliss-reactive ketones (excluding diaryl/α,β-unsaturated/α-hetero) is 1. The molecule has 0 heterocycles. The molecule has 1 aromatic rings. The monoisotopic (exact) mass is 470 g/mol. The van der Waals surface area contributed by atoms with Crippen LogP contribution in [0.25, 0.3) is 0 Å². The van der Waals surface area contributed by atoms with E-state index in [9.17, 15) is 18.0 Å². The summed E-state index contributed by atoms with van der Waals surface area (Å²) in [5.74, 6) is -0.373. The lowest BCUT2D eigenvalue weighted by Gasteiger charge is -2.13. The smallest absolute Gasteiger partial charge is 0.293 e. The highest BCUT2D eigenvalue weighted by Gasteiger charge is 2.36. The summed E-state index contributed by atoms with van der Waals surface area (Å²) < 4.78 is 38.0. The van der Waals surface area contributed by atoms with Crippen molar-refractivity contribution in [2.75, 3.05) is 5.33 Å². The first-order valence-electron chi connectivity index (χ1n) is 3.93. The van der Waals surface area contributed by atoms with Gasteiger partial charge in [-0.3, -0.25) is 4.79 Å². The van der Waals surface area contributed by atoms with Crippen LogP contribution in [0, 0.1) is 3.57 Å². The van der Waals surface area contributed by atoms with Crippen molar-refractivity contribution < 1.29 is 18.0 Å². The Hall–Kier alpha value is 0.370. The predicted molar refractivity (Wildman–Crippen MR) is 70.0 cm³/mol. The van der Waals surface area contributed by atoms with Gasteiger partial charge in [0.25, 0.3) is 0 Å². The van der Waals surface area contributed by atoms with Gasteiger partial charge in [0.15, 0.2) is 5.78 Å². The van der Waals surface area contributed by atoms with Gasteiger partial charge in [0.1, 0.15) is 0 Å². The summed E-state index contributed by atoms with van der Waals surface area (Å²) in [4.78, 5) is 11.4. The molecule has 0 bridgehead atoms. The summed E-state index contributed by atoms with van der Waals surface area (Å²) in [6.07, 6.45) is -4.47. The van der Waals surface area contributed by atoms with E-state index in [2.05, 4.69) is 31.9 Å². The molecular formula is C9H4Br2F3IO. The number of hydrogen-bond acceptors (Lipinski definition) is 1. The van der Waals surface area contributed by atoms with Gasteiger partial charge in [-0.25, -0.2) is 0 Å². The van der Waals surface area contributed by atoms with Crippen molar-refractivity contribution in [2.45, 2.75) is 6.18 Å². The molecular weight excluding hydrogens is 468 g/mol. The maximum Gasteiger partial charge on any atom is 0.418 e. The number of alkyl halides is 4. The molecule has 0 atom stereocenters. The van der Waals surface area contributed by atoms with Crippen molar-refractivity contribution in [2.24, 2.45) is 0 Å². The molecule has 0 aromatic heterocycles. The Kier molecular flexibility index (Phi) is 4.82. The van der Waals surface area contributed by atoms with Crippen molar-refractivity contribution in [3.05, 3.63) is 31.3 Å². The van der Waals surface area contributed by atoms with Crippen LogP contribution in [0.5, 0.6) is 0 Å². The Labute approximate surface area is 120 Å². The highest BCUT2D eigenvalue weighted by molar-refractivity contribution is 14.1. The fourth-order valence-electron chi connectivity index (χ4n) is 1.10. The van der Waals surface area contributed by atoms with Crippen LogP contribution in [0.15, 0.2) is 16.6 Å². The Morgan fingerprint density at radius 1 is 1.38 bits per heavy atom. The molecule has 0 saturated carbocycles. The number of rotatable bonds is 2. The van der Waals surface area contributed by atoms with Crippen molar-refractivity contribution in [3.63, 3.8) is 0 Å². The molecule has 0 unspecified atom stereocenters. The highest BCUT2D eigenvalue weighted by atomic mass is 127. The average molecular weight is 472 g/mol. The molecule has 16 heavy (non-hydrogen) atoms. The number of carbonyl (C=O) groups is 1. The van der Waals surface area contributed by atoms with Crippen molar-refractivity contribution >= 4 is 60.2 Å². The number of ketones is 1. The minimum absolute atomic E-state index is 0.00192. The molecule has 0 saturated heterocycles. The van der Waals surface area contributed by atoms with E-state index in [4.69, 9.17) is 0 Å². The van der Waals surface area contributed by atoms with Crippen molar-refractivity contribution in [1.82, 2.24) is 0 Å². The molecule has 0 radical (unpaired) electrons. The van der Waals surface area contributed by atoms with E-state index < -0.39 is 11.7 Å². The molecule has 0 aliphatic rings. The van der Waals surface area contributed by atoms with Gasteiger partial charge in [0, 0.05) is 13.6 Å². The van der Waals surface area contributed by atoms with E-state index in [-0.39, 0.29) is 24.7 Å². The minimum Gasteiger partial charge on any atom is -0.293 e. The zero-order chi connectivity index (χ0) is 12.5. The minimum atomic E-state index is -4.47. The third-order valence-corrected chi connectivity index (χ3v) is 4.09. The summed E-state index contributed by atoms with van der Waals surface area (Å²) >= 11 is 7.31. The van der Waals surface area contributed by atoms with E-state index in [0.29, 0.717) is 0 Å². The molecule has 0 spiro atoms. The Morgan fingerprint density at radius 2 is 1.94 bits per heavy atom. The second-order valence-corrected chi connectivity index (χ2v) is 5.33. The summed E-state index contributed by atoms with van der Waals surface area (Å²) in [7, 11) is 0. The lowest BCUT2D eigenvalue weighted by Crippen LogP contribution is -2.13. The third kappa shape index (κ3) is 2.98. The fourth-order valence-corrected chi connectivity index (χ4v) is 3.40. The Balaban J connectivity index is 3.45. The largest absolute Gasteiger partial charge is 0.418 e. The lowest BCUT2D eigenvalue weighted by molar-refractivity contribution is -0.138. The summed E-state index contributed by atoms with van der Waals surface area (Å²) in [6, 6.07) is 2.62. The van der Waals surface area contributed by atoms with Crippen LogP contribution in [-0.4, -0.2) is 11.1 Å². The maximum atomic E-state index is 12.7. The SMILES string of the molecule is O=C(CBr)c1ccc(Br)c(C(F)(F)F)c1I. The average Bonchev–Trinajstić information content (AvgIpc) is 2.14. The molecule has 0 aliphatic heterocycles. The molecule has 88 valence electrons. The van der Waals surface area contributed by atoms with Gasteiger partial charge in [-0.05, 0) is 34.7 Å². The third-order valence-electron chi connectivity index (χ3n) is 1.80. The van der Waals surface area contributed by atoms with Crippen LogP contribution in [0.1, 0.15) is 15.9 Å². The molecule has 0 amide bonds. The predicted octanol–water partition coefficient (Wildman–Crippen LogP) is 4.65. The van der Waals surface area contributed by atoms with Gasteiger partial charge < -0.3 is 0 Å². The maximum absolute atomic E-state index is 12.7. The Bertz CT molecular complexity index is 431. The van der Waals surface area contributed by atoms with Gasteiger partial charge in [-0.1, -0.05) is 31.9 Å². The van der Waals surface area contributed by atoms with Crippen LogP contribution < -0.4 is 0 Å². The molecule has 1 nitrogen and oxygen atoms in total. The standard InChI is InChI=1S/C9H4Br2F3IO/c10-3-6(16)4-1-2-5(11)7(8(4)15)9(12,13)14/h1-2H,3H2. The first-order valence-corrected chi connectivity index (χ1v) is 6.92. The van der Waals surface area contributed by atoms with Gasteiger partial charge in [0.2, 0.25) is 0 Å². The van der Waals surface area contributed by atoms with E-state index >= 15 is 0 Å².